The Morgan fingerprint density at radius 2 is 1.96 bits per heavy atom. The van der Waals surface area contributed by atoms with Crippen LogP contribution in [0.25, 0.3) is 11.3 Å². The highest BCUT2D eigenvalue weighted by Gasteiger charge is 2.14. The third kappa shape index (κ3) is 3.77. The molecule has 4 heteroatoms. The number of hydrogen-bond donors (Lipinski definition) is 2. The number of carbonyl (C=O) groups is 1. The maximum Gasteiger partial charge on any atom is 0.261 e. The van der Waals surface area contributed by atoms with Crippen molar-refractivity contribution in [2.24, 2.45) is 5.92 Å². The van der Waals surface area contributed by atoms with Gasteiger partial charge in [0.2, 0.25) is 0 Å². The van der Waals surface area contributed by atoms with Gasteiger partial charge in [0.1, 0.15) is 5.56 Å². The molecule has 1 aliphatic carbocycles. The van der Waals surface area contributed by atoms with Crippen LogP contribution >= 0.6 is 0 Å². The number of carbonyl (C=O) groups excluding carboxylic acids is 1. The highest BCUT2D eigenvalue weighted by Crippen LogP contribution is 2.17. The molecular weight excluding hydrogens is 288 g/mol. The first-order chi connectivity index (χ1) is 11.2. The summed E-state index contributed by atoms with van der Waals surface area (Å²) in [6.45, 7) is 0.614. The molecule has 0 saturated carbocycles. The van der Waals surface area contributed by atoms with Crippen molar-refractivity contribution in [1.29, 1.82) is 0 Å². The summed E-state index contributed by atoms with van der Waals surface area (Å²) in [6.07, 6.45) is 7.46. The van der Waals surface area contributed by atoms with Gasteiger partial charge < -0.3 is 10.3 Å². The number of nitrogens with one attached hydrogen (secondary N) is 2. The number of hydrogen-bond acceptors (Lipinski definition) is 2. The third-order valence-electron chi connectivity index (χ3n) is 4.17. The summed E-state index contributed by atoms with van der Waals surface area (Å²) in [5.74, 6) is 0.159. The Hall–Kier alpha value is -2.62. The van der Waals surface area contributed by atoms with Gasteiger partial charge in [-0.25, -0.2) is 0 Å². The summed E-state index contributed by atoms with van der Waals surface area (Å²) in [5.41, 5.74) is 1.44. The van der Waals surface area contributed by atoms with E-state index in [9.17, 15) is 9.59 Å². The second-order valence-electron chi connectivity index (χ2n) is 5.84. The molecule has 0 saturated heterocycles. The number of pyridine rings is 1. The summed E-state index contributed by atoms with van der Waals surface area (Å²) in [5, 5.41) is 2.88. The smallest absolute Gasteiger partial charge is 0.261 e. The Morgan fingerprint density at radius 3 is 2.65 bits per heavy atom. The second-order valence-corrected chi connectivity index (χ2v) is 5.84. The lowest BCUT2D eigenvalue weighted by Gasteiger charge is -2.17. The minimum Gasteiger partial charge on any atom is -0.352 e. The maximum atomic E-state index is 12.2. The van der Waals surface area contributed by atoms with E-state index in [1.165, 1.54) is 0 Å². The summed E-state index contributed by atoms with van der Waals surface area (Å²) >= 11 is 0. The molecule has 1 atom stereocenters. The van der Waals surface area contributed by atoms with Crippen LogP contribution in [0.4, 0.5) is 0 Å². The minimum atomic E-state index is -0.354. The van der Waals surface area contributed by atoms with Gasteiger partial charge in [0.25, 0.3) is 11.5 Å². The predicted molar refractivity (Wildman–Crippen MR) is 91.3 cm³/mol. The monoisotopic (exact) mass is 308 g/mol. The van der Waals surface area contributed by atoms with Gasteiger partial charge >= 0.3 is 0 Å². The minimum absolute atomic E-state index is 0.163. The van der Waals surface area contributed by atoms with Crippen molar-refractivity contribution in [2.75, 3.05) is 6.54 Å². The normalized spacial score (nSPS) is 17.0. The van der Waals surface area contributed by atoms with E-state index < -0.39 is 0 Å². The Labute approximate surface area is 135 Å². The average Bonchev–Trinajstić information content (AvgIpc) is 2.61. The average molecular weight is 308 g/mol. The lowest BCUT2D eigenvalue weighted by Crippen LogP contribution is -2.33. The van der Waals surface area contributed by atoms with Gasteiger partial charge in [0, 0.05) is 12.2 Å². The number of amides is 1. The first-order valence-corrected chi connectivity index (χ1v) is 7.96. The van der Waals surface area contributed by atoms with Gasteiger partial charge in [-0.05, 0) is 42.9 Å². The zero-order valence-electron chi connectivity index (χ0n) is 12.9. The van der Waals surface area contributed by atoms with Crippen LogP contribution in [0.2, 0.25) is 0 Å². The first kappa shape index (κ1) is 15.3. The van der Waals surface area contributed by atoms with Gasteiger partial charge in [-0.15, -0.1) is 0 Å². The number of allylic oxidation sites excluding steroid dienone is 2. The molecule has 23 heavy (non-hydrogen) atoms. The number of aromatic amines is 1. The maximum absolute atomic E-state index is 12.2. The highest BCUT2D eigenvalue weighted by molar-refractivity contribution is 5.94. The van der Waals surface area contributed by atoms with Gasteiger partial charge in [-0.2, -0.15) is 0 Å². The highest BCUT2D eigenvalue weighted by atomic mass is 16.2. The van der Waals surface area contributed by atoms with E-state index in [-0.39, 0.29) is 17.0 Å². The Kier molecular flexibility index (Phi) is 4.71. The molecule has 0 fully saturated rings. The largest absolute Gasteiger partial charge is 0.352 e. The van der Waals surface area contributed by atoms with Crippen LogP contribution in [0.5, 0.6) is 0 Å². The molecule has 1 heterocycles. The molecule has 3 rings (SSSR count). The van der Waals surface area contributed by atoms with Crippen LogP contribution in [0.15, 0.2) is 59.4 Å². The van der Waals surface area contributed by atoms with E-state index in [1.807, 2.05) is 30.3 Å². The van der Waals surface area contributed by atoms with Crippen molar-refractivity contribution >= 4 is 5.91 Å². The summed E-state index contributed by atoms with van der Waals surface area (Å²) in [7, 11) is 0. The van der Waals surface area contributed by atoms with Gasteiger partial charge in [-0.3, -0.25) is 9.59 Å². The van der Waals surface area contributed by atoms with Crippen molar-refractivity contribution in [1.82, 2.24) is 10.3 Å². The molecule has 118 valence electrons. The zero-order valence-corrected chi connectivity index (χ0v) is 12.9. The van der Waals surface area contributed by atoms with Crippen molar-refractivity contribution < 1.29 is 4.79 Å². The number of aromatic nitrogens is 1. The fraction of sp³-hybridized carbons (Fsp3) is 0.263. The van der Waals surface area contributed by atoms with Crippen LogP contribution in [-0.2, 0) is 0 Å². The van der Waals surface area contributed by atoms with E-state index in [2.05, 4.69) is 22.5 Å². The quantitative estimate of drug-likeness (QED) is 0.852. The lowest BCUT2D eigenvalue weighted by molar-refractivity contribution is 0.0944. The molecule has 2 aromatic rings. The Bertz CT molecular complexity index is 762. The Balaban J connectivity index is 1.69. The van der Waals surface area contributed by atoms with E-state index in [4.69, 9.17) is 0 Å². The molecule has 2 N–H and O–H groups in total. The van der Waals surface area contributed by atoms with Gasteiger partial charge in [0.15, 0.2) is 0 Å². The van der Waals surface area contributed by atoms with Crippen molar-refractivity contribution in [3.63, 3.8) is 0 Å². The number of rotatable bonds is 4. The van der Waals surface area contributed by atoms with E-state index >= 15 is 0 Å². The number of H-pyrrole nitrogens is 1. The van der Waals surface area contributed by atoms with Crippen LogP contribution in [0, 0.1) is 5.92 Å². The number of benzene rings is 1. The summed E-state index contributed by atoms with van der Waals surface area (Å²) in [4.78, 5) is 27.2. The molecule has 0 radical (unpaired) electrons. The summed E-state index contributed by atoms with van der Waals surface area (Å²) < 4.78 is 0. The molecule has 1 amide bonds. The van der Waals surface area contributed by atoms with Crippen LogP contribution in [-0.4, -0.2) is 17.4 Å². The fourth-order valence-corrected chi connectivity index (χ4v) is 2.81. The first-order valence-electron chi connectivity index (χ1n) is 7.96. The molecule has 1 aromatic carbocycles. The third-order valence-corrected chi connectivity index (χ3v) is 4.17. The molecule has 0 unspecified atom stereocenters. The van der Waals surface area contributed by atoms with Crippen LogP contribution in [0.1, 0.15) is 29.6 Å². The van der Waals surface area contributed by atoms with Crippen LogP contribution < -0.4 is 10.9 Å². The van der Waals surface area contributed by atoms with Crippen molar-refractivity contribution in [3.05, 3.63) is 70.5 Å². The van der Waals surface area contributed by atoms with Gasteiger partial charge in [-0.1, -0.05) is 42.5 Å². The fourth-order valence-electron chi connectivity index (χ4n) is 2.81. The van der Waals surface area contributed by atoms with Crippen molar-refractivity contribution in [2.45, 2.75) is 19.3 Å². The second kappa shape index (κ2) is 7.09. The lowest BCUT2D eigenvalue weighted by atomic mass is 9.94. The molecule has 0 spiro atoms. The SMILES string of the molecule is O=C(NC[C@@H]1CC=CCC1)c1ccc(-c2ccccc2)[nH]c1=O. The van der Waals surface area contributed by atoms with Gasteiger partial charge in [0.05, 0.1) is 0 Å². The predicted octanol–water partition coefficient (Wildman–Crippen LogP) is 3.13. The van der Waals surface area contributed by atoms with Crippen molar-refractivity contribution in [3.8, 4) is 11.3 Å². The molecule has 0 bridgehead atoms. The zero-order chi connectivity index (χ0) is 16.1. The standard InChI is InChI=1S/C19H20N2O2/c22-18(20-13-14-7-3-1-4-8-14)16-11-12-17(21-19(16)23)15-9-5-2-6-10-15/h1-3,5-6,9-12,14H,4,7-8,13H2,(H,20,22)(H,21,23)/t14-/m1/s1. The van der Waals surface area contributed by atoms with E-state index in [0.29, 0.717) is 18.2 Å². The molecule has 4 nitrogen and oxygen atoms in total. The van der Waals surface area contributed by atoms with Crippen LogP contribution in [0.3, 0.4) is 0 Å². The topological polar surface area (TPSA) is 62.0 Å². The Morgan fingerprint density at radius 1 is 1.13 bits per heavy atom. The molecular formula is C19H20N2O2. The molecule has 0 aliphatic heterocycles. The van der Waals surface area contributed by atoms with E-state index in [0.717, 1.165) is 24.8 Å². The molecule has 1 aromatic heterocycles. The summed E-state index contributed by atoms with van der Waals surface area (Å²) in [6, 6.07) is 12.9. The molecule has 1 aliphatic rings. The van der Waals surface area contributed by atoms with E-state index in [1.54, 1.807) is 12.1 Å².